The van der Waals surface area contributed by atoms with Crippen molar-refractivity contribution in [1.29, 1.82) is 0 Å². The van der Waals surface area contributed by atoms with Gasteiger partial charge in [0.25, 0.3) is 0 Å². The number of imidazole rings is 1. The Kier molecular flexibility index (Phi) is 5.23. The van der Waals surface area contributed by atoms with Gasteiger partial charge >= 0.3 is 6.18 Å². The maximum absolute atomic E-state index is 12.9. The smallest absolute Gasteiger partial charge is 0.433 e. The molecule has 0 amide bonds. The number of nitrogens with zero attached hydrogens (tertiary/aromatic N) is 3. The highest BCUT2D eigenvalue weighted by Gasteiger charge is 2.33. The quantitative estimate of drug-likeness (QED) is 0.586. The zero-order chi connectivity index (χ0) is 21.5. The van der Waals surface area contributed by atoms with Crippen LogP contribution >= 0.6 is 0 Å². The van der Waals surface area contributed by atoms with Gasteiger partial charge in [-0.15, -0.1) is 0 Å². The molecule has 4 rings (SSSR count). The van der Waals surface area contributed by atoms with Crippen LogP contribution in [0.5, 0.6) is 5.75 Å². The van der Waals surface area contributed by atoms with Crippen LogP contribution in [0.4, 0.5) is 13.2 Å². The average molecular weight is 419 g/mol. The molecule has 3 aromatic heterocycles. The maximum atomic E-state index is 12.9. The van der Waals surface area contributed by atoms with Crippen LogP contribution < -0.4 is 4.74 Å². The molecule has 0 radical (unpaired) electrons. The van der Waals surface area contributed by atoms with Crippen LogP contribution in [0.25, 0.3) is 5.65 Å². The van der Waals surface area contributed by atoms with Gasteiger partial charge in [-0.2, -0.15) is 13.2 Å². The van der Waals surface area contributed by atoms with E-state index in [0.717, 1.165) is 25.0 Å². The molecule has 1 saturated carbocycles. The summed E-state index contributed by atoms with van der Waals surface area (Å²) in [6, 6.07) is 4.91. The first-order valence-corrected chi connectivity index (χ1v) is 9.66. The summed E-state index contributed by atoms with van der Waals surface area (Å²) in [6.45, 7) is 2.13. The Morgan fingerprint density at radius 1 is 1.30 bits per heavy atom. The number of Topliss-reactive ketones (excluding diaryl/α,β-unsaturated/α-hetero) is 1. The molecule has 30 heavy (non-hydrogen) atoms. The molecular weight excluding hydrogens is 399 g/mol. The maximum Gasteiger partial charge on any atom is 0.433 e. The molecule has 3 heterocycles. The van der Waals surface area contributed by atoms with E-state index in [1.54, 1.807) is 29.8 Å². The molecule has 0 bridgehead atoms. The number of pyridine rings is 2. The van der Waals surface area contributed by atoms with E-state index < -0.39 is 23.8 Å². The molecule has 1 aliphatic carbocycles. The largest absolute Gasteiger partial charge is 0.493 e. The first-order valence-electron chi connectivity index (χ1n) is 9.66. The molecule has 0 aliphatic heterocycles. The number of ketones is 1. The predicted molar refractivity (Wildman–Crippen MR) is 101 cm³/mol. The number of aliphatic hydroxyl groups excluding tert-OH is 1. The van der Waals surface area contributed by atoms with Crippen molar-refractivity contribution in [1.82, 2.24) is 14.4 Å². The Hall–Kier alpha value is -2.94. The molecule has 0 unspecified atom stereocenters. The van der Waals surface area contributed by atoms with Gasteiger partial charge < -0.3 is 14.2 Å². The molecular formula is C21H20F3N3O3. The van der Waals surface area contributed by atoms with Crippen LogP contribution in [0, 0.1) is 5.92 Å². The second kappa shape index (κ2) is 7.71. The fourth-order valence-electron chi connectivity index (χ4n) is 3.31. The molecule has 158 valence electrons. The monoisotopic (exact) mass is 419 g/mol. The summed E-state index contributed by atoms with van der Waals surface area (Å²) >= 11 is 0. The predicted octanol–water partition coefficient (Wildman–Crippen LogP) is 4.02. The summed E-state index contributed by atoms with van der Waals surface area (Å²) in [7, 11) is 0. The minimum Gasteiger partial charge on any atom is -0.493 e. The van der Waals surface area contributed by atoms with Crippen molar-refractivity contribution in [3.05, 3.63) is 59.3 Å². The lowest BCUT2D eigenvalue weighted by molar-refractivity contribution is -0.141. The SMILES string of the molecule is CCOc1cc2nc([C@H](O)C3CC3)cn2cc1CC(=O)c1cccc(C(F)(F)F)n1. The summed E-state index contributed by atoms with van der Waals surface area (Å²) in [6.07, 6.45) is -0.169. The van der Waals surface area contributed by atoms with Crippen LogP contribution in [-0.2, 0) is 12.6 Å². The number of hydrogen-bond acceptors (Lipinski definition) is 5. The summed E-state index contributed by atoms with van der Waals surface area (Å²) in [4.78, 5) is 20.6. The lowest BCUT2D eigenvalue weighted by Crippen LogP contribution is -2.13. The van der Waals surface area contributed by atoms with Gasteiger partial charge in [0.2, 0.25) is 0 Å². The van der Waals surface area contributed by atoms with Crippen molar-refractivity contribution in [2.45, 2.75) is 38.5 Å². The first kappa shape index (κ1) is 20.3. The van der Waals surface area contributed by atoms with Crippen LogP contribution in [0.3, 0.4) is 0 Å². The summed E-state index contributed by atoms with van der Waals surface area (Å²) in [5.41, 5.74) is 0.230. The normalized spacial score (nSPS) is 15.4. The molecule has 0 spiro atoms. The number of halogens is 3. The number of carbonyl (C=O) groups excluding carboxylic acids is 1. The van der Waals surface area contributed by atoms with Gasteiger partial charge in [-0.1, -0.05) is 6.07 Å². The second-order valence-electron chi connectivity index (χ2n) is 7.32. The summed E-state index contributed by atoms with van der Waals surface area (Å²) < 4.78 is 46.0. The molecule has 0 saturated heterocycles. The zero-order valence-electron chi connectivity index (χ0n) is 16.2. The van der Waals surface area contributed by atoms with Gasteiger partial charge in [0, 0.05) is 30.4 Å². The number of alkyl halides is 3. The first-order chi connectivity index (χ1) is 14.3. The van der Waals surface area contributed by atoms with Gasteiger partial charge in [-0.25, -0.2) is 9.97 Å². The fourth-order valence-corrected chi connectivity index (χ4v) is 3.31. The Morgan fingerprint density at radius 3 is 2.73 bits per heavy atom. The molecule has 9 heteroatoms. The minimum absolute atomic E-state index is 0.182. The van der Waals surface area contributed by atoms with Crippen LogP contribution in [0.15, 0.2) is 36.7 Å². The summed E-state index contributed by atoms with van der Waals surface area (Å²) in [5, 5.41) is 10.3. The van der Waals surface area contributed by atoms with E-state index in [4.69, 9.17) is 4.74 Å². The summed E-state index contributed by atoms with van der Waals surface area (Å²) in [5.74, 6) is 0.0810. The Labute approximate surface area is 170 Å². The number of fused-ring (bicyclic) bond motifs is 1. The molecule has 3 aromatic rings. The van der Waals surface area contributed by atoms with Crippen LogP contribution in [-0.4, -0.2) is 31.9 Å². The van der Waals surface area contributed by atoms with Crippen molar-refractivity contribution in [3.63, 3.8) is 0 Å². The molecule has 1 atom stereocenters. The molecule has 1 fully saturated rings. The highest BCUT2D eigenvalue weighted by molar-refractivity contribution is 5.96. The molecule has 6 nitrogen and oxygen atoms in total. The highest BCUT2D eigenvalue weighted by atomic mass is 19.4. The standard InChI is InChI=1S/C21H20F3N3O3/c1-2-30-17-9-19-26-15(20(29)12-6-7-12)11-27(19)10-13(17)8-16(28)14-4-3-5-18(25-14)21(22,23)24/h3-5,9-12,20,29H,2,6-8H2,1H3/t20-/m1/s1. The lowest BCUT2D eigenvalue weighted by Gasteiger charge is -2.11. The Balaban J connectivity index is 1.65. The molecule has 0 aromatic carbocycles. The third kappa shape index (κ3) is 4.16. The van der Waals surface area contributed by atoms with Crippen molar-refractivity contribution in [2.24, 2.45) is 5.92 Å². The number of hydrogen-bond donors (Lipinski definition) is 1. The van der Waals surface area contributed by atoms with Gasteiger partial charge in [-0.3, -0.25) is 4.79 Å². The highest BCUT2D eigenvalue weighted by Crippen LogP contribution is 2.40. The zero-order valence-corrected chi connectivity index (χ0v) is 16.2. The second-order valence-corrected chi connectivity index (χ2v) is 7.32. The third-order valence-corrected chi connectivity index (χ3v) is 5.00. The number of rotatable bonds is 7. The van der Waals surface area contributed by atoms with E-state index in [2.05, 4.69) is 9.97 Å². The van der Waals surface area contributed by atoms with E-state index >= 15 is 0 Å². The fraction of sp³-hybridized carbons (Fsp3) is 0.381. The van der Waals surface area contributed by atoms with Gasteiger partial charge in [0.1, 0.15) is 28.9 Å². The minimum atomic E-state index is -4.62. The van der Waals surface area contributed by atoms with E-state index in [1.165, 1.54) is 6.07 Å². The van der Waals surface area contributed by atoms with Gasteiger partial charge in [0.05, 0.1) is 12.3 Å². The number of aliphatic hydroxyl groups is 1. The van der Waals surface area contributed by atoms with E-state index in [0.29, 0.717) is 29.3 Å². The molecule has 1 N–H and O–H groups in total. The lowest BCUT2D eigenvalue weighted by atomic mass is 10.1. The van der Waals surface area contributed by atoms with Crippen molar-refractivity contribution >= 4 is 11.4 Å². The van der Waals surface area contributed by atoms with Crippen LogP contribution in [0.1, 0.15) is 53.3 Å². The van der Waals surface area contributed by atoms with Crippen molar-refractivity contribution in [3.8, 4) is 5.75 Å². The van der Waals surface area contributed by atoms with Crippen molar-refractivity contribution in [2.75, 3.05) is 6.61 Å². The van der Waals surface area contributed by atoms with Gasteiger partial charge in [-0.05, 0) is 37.8 Å². The average Bonchev–Trinajstić information content (AvgIpc) is 3.47. The van der Waals surface area contributed by atoms with Crippen LogP contribution in [0.2, 0.25) is 0 Å². The van der Waals surface area contributed by atoms with Gasteiger partial charge in [0.15, 0.2) is 5.78 Å². The van der Waals surface area contributed by atoms with E-state index in [1.807, 2.05) is 0 Å². The third-order valence-electron chi connectivity index (χ3n) is 5.00. The Morgan fingerprint density at radius 2 is 2.07 bits per heavy atom. The van der Waals surface area contributed by atoms with E-state index in [9.17, 15) is 23.1 Å². The van der Waals surface area contributed by atoms with Crippen molar-refractivity contribution < 1.29 is 27.8 Å². The topological polar surface area (TPSA) is 76.7 Å². The number of carbonyl (C=O) groups is 1. The number of ether oxygens (including phenoxy) is 1. The number of aromatic nitrogens is 3. The Bertz CT molecular complexity index is 1090. The van der Waals surface area contributed by atoms with E-state index in [-0.39, 0.29) is 18.0 Å². The molecule has 1 aliphatic rings.